The summed E-state index contributed by atoms with van der Waals surface area (Å²) < 4.78 is 19.0. The lowest BCUT2D eigenvalue weighted by Crippen LogP contribution is -2.06. The molecule has 3 rings (SSSR count). The van der Waals surface area contributed by atoms with Crippen LogP contribution in [0.4, 0.5) is 4.39 Å². The molecule has 0 radical (unpaired) electrons. The van der Waals surface area contributed by atoms with Crippen molar-refractivity contribution in [2.45, 2.75) is 16.7 Å². The van der Waals surface area contributed by atoms with Crippen molar-refractivity contribution in [3.8, 4) is 0 Å². The topological polar surface area (TPSA) is 38.1 Å². The fourth-order valence-electron chi connectivity index (χ4n) is 1.96. The molecule has 0 spiro atoms. The number of fused-ring (bicyclic) bond motifs is 1. The highest BCUT2D eigenvalue weighted by Gasteiger charge is 2.10. The Morgan fingerprint density at radius 1 is 1.25 bits per heavy atom. The van der Waals surface area contributed by atoms with Gasteiger partial charge in [-0.1, -0.05) is 12.1 Å². The molecular formula is C15H13FN2OS. The molecule has 1 heterocycles. The highest BCUT2D eigenvalue weighted by atomic mass is 32.2. The van der Waals surface area contributed by atoms with Gasteiger partial charge in [-0.2, -0.15) is 0 Å². The molecule has 2 aromatic carbocycles. The molecule has 0 aliphatic rings. The lowest BCUT2D eigenvalue weighted by atomic mass is 10.2. The van der Waals surface area contributed by atoms with Crippen LogP contribution in [0.15, 0.2) is 57.0 Å². The maximum atomic E-state index is 13.3. The van der Waals surface area contributed by atoms with E-state index in [0.717, 1.165) is 21.6 Å². The van der Waals surface area contributed by atoms with Crippen molar-refractivity contribution in [3.05, 3.63) is 53.8 Å². The Morgan fingerprint density at radius 2 is 2.10 bits per heavy atom. The molecular weight excluding hydrogens is 275 g/mol. The van der Waals surface area contributed by atoms with Crippen LogP contribution >= 0.6 is 11.8 Å². The van der Waals surface area contributed by atoms with E-state index in [0.29, 0.717) is 11.8 Å². The van der Waals surface area contributed by atoms with E-state index < -0.39 is 0 Å². The third-order valence-electron chi connectivity index (χ3n) is 2.86. The zero-order chi connectivity index (χ0) is 13.9. The Bertz CT molecular complexity index is 709. The minimum absolute atomic E-state index is 0.239. The molecule has 0 aliphatic heterocycles. The summed E-state index contributed by atoms with van der Waals surface area (Å²) in [6.07, 6.45) is 0. The predicted octanol–water partition coefficient (Wildman–Crippen LogP) is 3.84. The summed E-state index contributed by atoms with van der Waals surface area (Å²) in [6, 6.07) is 12.3. The van der Waals surface area contributed by atoms with Gasteiger partial charge in [0, 0.05) is 11.4 Å². The molecule has 1 aromatic heterocycles. The molecule has 5 heteroatoms. The van der Waals surface area contributed by atoms with Crippen molar-refractivity contribution in [1.82, 2.24) is 10.3 Å². The zero-order valence-electron chi connectivity index (χ0n) is 10.9. The molecule has 0 saturated carbocycles. The summed E-state index contributed by atoms with van der Waals surface area (Å²) in [7, 11) is 1.83. The number of hydrogen-bond donors (Lipinski definition) is 1. The Morgan fingerprint density at radius 3 is 2.90 bits per heavy atom. The summed E-state index contributed by atoms with van der Waals surface area (Å²) in [4.78, 5) is 5.35. The number of aromatic nitrogens is 1. The number of nitrogens with zero attached hydrogens (tertiary/aromatic N) is 1. The van der Waals surface area contributed by atoms with E-state index in [1.807, 2.05) is 31.3 Å². The first-order valence-corrected chi connectivity index (χ1v) is 7.04. The average molecular weight is 288 g/mol. The standard InChI is InChI=1S/C15H13FN2OS/c1-17-9-10-8-11(16)6-7-14(10)20-15-18-12-4-2-3-5-13(12)19-15/h2-8,17H,9H2,1H3. The van der Waals surface area contributed by atoms with Crippen LogP contribution in [0.25, 0.3) is 11.1 Å². The summed E-state index contributed by atoms with van der Waals surface area (Å²) >= 11 is 1.40. The van der Waals surface area contributed by atoms with Crippen molar-refractivity contribution >= 4 is 22.9 Å². The SMILES string of the molecule is CNCc1cc(F)ccc1Sc1nc2ccccc2o1. The normalized spacial score (nSPS) is 11.1. The van der Waals surface area contributed by atoms with Crippen LogP contribution in [0.5, 0.6) is 0 Å². The molecule has 0 amide bonds. The fourth-order valence-corrected chi connectivity index (χ4v) is 2.83. The smallest absolute Gasteiger partial charge is 0.261 e. The zero-order valence-corrected chi connectivity index (χ0v) is 11.7. The highest BCUT2D eigenvalue weighted by molar-refractivity contribution is 7.99. The van der Waals surface area contributed by atoms with Gasteiger partial charge >= 0.3 is 0 Å². The number of hydrogen-bond acceptors (Lipinski definition) is 4. The maximum absolute atomic E-state index is 13.3. The van der Waals surface area contributed by atoms with Crippen LogP contribution in [0.1, 0.15) is 5.56 Å². The fraction of sp³-hybridized carbons (Fsp3) is 0.133. The second-order valence-corrected chi connectivity index (χ2v) is 5.33. The highest BCUT2D eigenvalue weighted by Crippen LogP contribution is 2.32. The van der Waals surface area contributed by atoms with Gasteiger partial charge in [0.2, 0.25) is 0 Å². The average Bonchev–Trinajstić information content (AvgIpc) is 2.84. The van der Waals surface area contributed by atoms with Crippen LogP contribution < -0.4 is 5.32 Å². The van der Waals surface area contributed by atoms with Crippen LogP contribution in [0.2, 0.25) is 0 Å². The molecule has 3 nitrogen and oxygen atoms in total. The van der Waals surface area contributed by atoms with E-state index in [1.54, 1.807) is 6.07 Å². The lowest BCUT2D eigenvalue weighted by molar-refractivity contribution is 0.489. The Kier molecular flexibility index (Phi) is 3.71. The van der Waals surface area contributed by atoms with Crippen molar-refractivity contribution in [3.63, 3.8) is 0 Å². The Hall–Kier alpha value is -1.85. The molecule has 0 saturated heterocycles. The van der Waals surface area contributed by atoms with Gasteiger partial charge in [-0.15, -0.1) is 0 Å². The van der Waals surface area contributed by atoms with Gasteiger partial charge in [-0.3, -0.25) is 0 Å². The molecule has 0 aliphatic carbocycles. The van der Waals surface area contributed by atoms with Crippen LogP contribution in [0.3, 0.4) is 0 Å². The molecule has 1 N–H and O–H groups in total. The molecule has 0 bridgehead atoms. The van der Waals surface area contributed by atoms with E-state index >= 15 is 0 Å². The number of halogens is 1. The molecule has 0 fully saturated rings. The molecule has 102 valence electrons. The van der Waals surface area contributed by atoms with Gasteiger partial charge in [0.15, 0.2) is 5.58 Å². The van der Waals surface area contributed by atoms with E-state index in [1.165, 1.54) is 23.9 Å². The summed E-state index contributed by atoms with van der Waals surface area (Å²) in [5.41, 5.74) is 2.47. The number of benzene rings is 2. The molecule has 0 atom stereocenters. The van der Waals surface area contributed by atoms with Gasteiger partial charge < -0.3 is 9.73 Å². The van der Waals surface area contributed by atoms with Gasteiger partial charge in [0.1, 0.15) is 11.3 Å². The monoisotopic (exact) mass is 288 g/mol. The van der Waals surface area contributed by atoms with Gasteiger partial charge in [-0.25, -0.2) is 9.37 Å². The van der Waals surface area contributed by atoms with Crippen molar-refractivity contribution in [1.29, 1.82) is 0 Å². The number of rotatable bonds is 4. The quantitative estimate of drug-likeness (QED) is 0.791. The third-order valence-corrected chi connectivity index (χ3v) is 3.83. The first-order chi connectivity index (χ1) is 9.76. The van der Waals surface area contributed by atoms with E-state index in [9.17, 15) is 4.39 Å². The van der Waals surface area contributed by atoms with Gasteiger partial charge in [0.05, 0.1) is 0 Å². The summed E-state index contributed by atoms with van der Waals surface area (Å²) in [6.45, 7) is 0.598. The third kappa shape index (κ3) is 2.69. The molecule has 0 unspecified atom stereocenters. The number of para-hydroxylation sites is 2. The number of oxazole rings is 1. The van der Waals surface area contributed by atoms with Crippen LogP contribution in [-0.4, -0.2) is 12.0 Å². The molecule has 3 aromatic rings. The molecule has 20 heavy (non-hydrogen) atoms. The largest absolute Gasteiger partial charge is 0.431 e. The second-order valence-electron chi connectivity index (χ2n) is 4.33. The van der Waals surface area contributed by atoms with Crippen LogP contribution in [-0.2, 0) is 6.54 Å². The van der Waals surface area contributed by atoms with Gasteiger partial charge in [0.25, 0.3) is 5.22 Å². The van der Waals surface area contributed by atoms with E-state index in [4.69, 9.17) is 4.42 Å². The maximum Gasteiger partial charge on any atom is 0.261 e. The Labute approximate surface area is 120 Å². The first kappa shape index (κ1) is 13.1. The number of nitrogens with one attached hydrogen (secondary N) is 1. The second kappa shape index (κ2) is 5.64. The minimum atomic E-state index is -0.239. The van der Waals surface area contributed by atoms with Crippen molar-refractivity contribution < 1.29 is 8.81 Å². The van der Waals surface area contributed by atoms with E-state index in [2.05, 4.69) is 10.3 Å². The van der Waals surface area contributed by atoms with E-state index in [-0.39, 0.29) is 5.82 Å². The van der Waals surface area contributed by atoms with Crippen LogP contribution in [0, 0.1) is 5.82 Å². The Balaban J connectivity index is 1.93. The predicted molar refractivity (Wildman–Crippen MR) is 77.3 cm³/mol. The summed E-state index contributed by atoms with van der Waals surface area (Å²) in [5.74, 6) is -0.239. The minimum Gasteiger partial charge on any atom is -0.431 e. The lowest BCUT2D eigenvalue weighted by Gasteiger charge is -2.06. The summed E-state index contributed by atoms with van der Waals surface area (Å²) in [5, 5.41) is 3.60. The van der Waals surface area contributed by atoms with Gasteiger partial charge in [-0.05, 0) is 54.7 Å². The van der Waals surface area contributed by atoms with Crippen molar-refractivity contribution in [2.75, 3.05) is 7.05 Å². The first-order valence-electron chi connectivity index (χ1n) is 6.23. The van der Waals surface area contributed by atoms with Crippen molar-refractivity contribution in [2.24, 2.45) is 0 Å².